The molecule has 0 aromatic heterocycles. The van der Waals surface area contributed by atoms with Crippen LogP contribution >= 0.6 is 0 Å². The molecular weight excluding hydrogens is 997 g/mol. The molecule has 0 saturated heterocycles. The molecule has 0 aromatic carbocycles. The van der Waals surface area contributed by atoms with Crippen LogP contribution in [0.2, 0.25) is 0 Å². The van der Waals surface area contributed by atoms with E-state index < -0.39 is 5.97 Å². The number of ether oxygens (including phenoxy) is 2. The molecule has 1 aliphatic carbocycles. The van der Waals surface area contributed by atoms with E-state index in [-0.39, 0.29) is 11.9 Å². The average molecular weight is 1140 g/mol. The SMILES string of the molecule is CCCCCCCCC1CCCCCC(CCCCCCCCCCCCCCCC(=O)OCCC)(CCCCCCCCCCCCCCCC(=O)OCCC)C1(CCCCC)CCCCCCCCCCCCCCCC(=O)O. The number of esters is 2. The van der Waals surface area contributed by atoms with Crippen LogP contribution in [0.25, 0.3) is 0 Å². The Hall–Kier alpha value is -1.59. The highest BCUT2D eigenvalue weighted by atomic mass is 16.5. The fraction of sp³-hybridized carbons (Fsp3) is 0.960. The summed E-state index contributed by atoms with van der Waals surface area (Å²) < 4.78 is 10.5. The Bertz CT molecular complexity index is 1300. The summed E-state index contributed by atoms with van der Waals surface area (Å²) in [6, 6.07) is 0. The van der Waals surface area contributed by atoms with Crippen molar-refractivity contribution in [1.29, 1.82) is 0 Å². The number of carboxylic acid groups (broad SMARTS) is 1. The quantitative estimate of drug-likeness (QED) is 0.0482. The summed E-state index contributed by atoms with van der Waals surface area (Å²) in [4.78, 5) is 34.5. The Labute approximate surface area is 506 Å². The van der Waals surface area contributed by atoms with Crippen molar-refractivity contribution in [2.24, 2.45) is 16.7 Å². The van der Waals surface area contributed by atoms with E-state index in [0.717, 1.165) is 57.3 Å². The van der Waals surface area contributed by atoms with Gasteiger partial charge in [0, 0.05) is 19.3 Å². The summed E-state index contributed by atoms with van der Waals surface area (Å²) >= 11 is 0. The molecule has 1 rings (SSSR count). The zero-order valence-corrected chi connectivity index (χ0v) is 55.5. The fourth-order valence-corrected chi connectivity index (χ4v) is 14.8. The molecule has 6 heteroatoms. The molecule has 0 radical (unpaired) electrons. The lowest BCUT2D eigenvalue weighted by atomic mass is 9.47. The fourth-order valence-electron chi connectivity index (χ4n) is 14.8. The van der Waals surface area contributed by atoms with Gasteiger partial charge in [0.1, 0.15) is 0 Å². The summed E-state index contributed by atoms with van der Waals surface area (Å²) in [5, 5.41) is 8.93. The van der Waals surface area contributed by atoms with Crippen LogP contribution < -0.4 is 0 Å². The third kappa shape index (κ3) is 44.5. The Balaban J connectivity index is 3.01. The first-order valence-electron chi connectivity index (χ1n) is 37.3. The molecule has 1 saturated carbocycles. The maximum atomic E-state index is 11.8. The minimum Gasteiger partial charge on any atom is -0.481 e. The van der Waals surface area contributed by atoms with E-state index in [1.165, 1.54) is 334 Å². The Morgan fingerprint density at radius 1 is 0.333 bits per heavy atom. The predicted molar refractivity (Wildman–Crippen MR) is 351 cm³/mol. The van der Waals surface area contributed by atoms with E-state index in [0.29, 0.717) is 43.3 Å². The van der Waals surface area contributed by atoms with Crippen molar-refractivity contribution < 1.29 is 29.0 Å². The third-order valence-electron chi connectivity index (χ3n) is 19.7. The van der Waals surface area contributed by atoms with Gasteiger partial charge in [-0.2, -0.15) is 0 Å². The molecule has 1 N–H and O–H groups in total. The second-order valence-corrected chi connectivity index (χ2v) is 26.9. The highest BCUT2D eigenvalue weighted by molar-refractivity contribution is 5.69. The molecular formula is C75H144O6. The molecule has 2 unspecified atom stereocenters. The van der Waals surface area contributed by atoms with E-state index in [9.17, 15) is 14.4 Å². The van der Waals surface area contributed by atoms with Crippen molar-refractivity contribution in [3.63, 3.8) is 0 Å². The lowest BCUT2D eigenvalue weighted by Gasteiger charge is -2.58. The van der Waals surface area contributed by atoms with Gasteiger partial charge in [-0.1, -0.05) is 336 Å². The molecule has 0 bridgehead atoms. The van der Waals surface area contributed by atoms with Gasteiger partial charge in [0.05, 0.1) is 13.2 Å². The van der Waals surface area contributed by atoms with Crippen molar-refractivity contribution in [3.8, 4) is 0 Å². The van der Waals surface area contributed by atoms with Crippen LogP contribution in [0.1, 0.15) is 432 Å². The van der Waals surface area contributed by atoms with Crippen molar-refractivity contribution in [2.75, 3.05) is 13.2 Å². The maximum Gasteiger partial charge on any atom is 0.305 e. The number of carbonyl (C=O) groups is 3. The van der Waals surface area contributed by atoms with Crippen LogP contribution in [-0.2, 0) is 23.9 Å². The highest BCUT2D eigenvalue weighted by Gasteiger charge is 2.53. The number of hydrogen-bond acceptors (Lipinski definition) is 5. The Morgan fingerprint density at radius 2 is 0.630 bits per heavy atom. The van der Waals surface area contributed by atoms with Crippen molar-refractivity contribution >= 4 is 17.9 Å². The Morgan fingerprint density at radius 3 is 0.988 bits per heavy atom. The molecule has 1 aliphatic rings. The van der Waals surface area contributed by atoms with E-state index in [1.54, 1.807) is 0 Å². The van der Waals surface area contributed by atoms with Gasteiger partial charge in [0.2, 0.25) is 0 Å². The van der Waals surface area contributed by atoms with Gasteiger partial charge in [-0.15, -0.1) is 0 Å². The minimum absolute atomic E-state index is 0.00904. The molecule has 480 valence electrons. The van der Waals surface area contributed by atoms with Crippen molar-refractivity contribution in [1.82, 2.24) is 0 Å². The summed E-state index contributed by atoms with van der Waals surface area (Å²) in [7, 11) is 0. The monoisotopic (exact) mass is 1140 g/mol. The number of rotatable bonds is 63. The topological polar surface area (TPSA) is 89.9 Å². The van der Waals surface area contributed by atoms with Crippen LogP contribution in [0.4, 0.5) is 0 Å². The maximum absolute atomic E-state index is 11.8. The zero-order chi connectivity index (χ0) is 58.7. The van der Waals surface area contributed by atoms with Gasteiger partial charge >= 0.3 is 17.9 Å². The number of carbonyl (C=O) groups excluding carboxylic acids is 2. The Kier molecular flexibility index (Phi) is 56.2. The molecule has 0 aromatic rings. The van der Waals surface area contributed by atoms with Crippen molar-refractivity contribution in [2.45, 2.75) is 432 Å². The van der Waals surface area contributed by atoms with Gasteiger partial charge < -0.3 is 14.6 Å². The minimum atomic E-state index is -0.647. The predicted octanol–water partition coefficient (Wildman–Crippen LogP) is 25.4. The molecule has 2 atom stereocenters. The van der Waals surface area contributed by atoms with E-state index in [4.69, 9.17) is 14.6 Å². The van der Waals surface area contributed by atoms with Crippen LogP contribution in [0.3, 0.4) is 0 Å². The summed E-state index contributed by atoms with van der Waals surface area (Å²) in [5.74, 6) is 0.253. The second-order valence-electron chi connectivity index (χ2n) is 26.9. The number of unbranched alkanes of at least 4 members (excludes halogenated alkanes) is 43. The zero-order valence-electron chi connectivity index (χ0n) is 55.5. The first-order chi connectivity index (χ1) is 39.8. The van der Waals surface area contributed by atoms with Gasteiger partial charge in [-0.25, -0.2) is 0 Å². The van der Waals surface area contributed by atoms with Crippen molar-refractivity contribution in [3.05, 3.63) is 0 Å². The lowest BCUT2D eigenvalue weighted by Crippen LogP contribution is -2.48. The van der Waals surface area contributed by atoms with E-state index in [2.05, 4.69) is 27.7 Å². The van der Waals surface area contributed by atoms with Gasteiger partial charge in [-0.3, -0.25) is 14.4 Å². The lowest BCUT2D eigenvalue weighted by molar-refractivity contribution is -0.144. The molecule has 0 spiro atoms. The normalized spacial score (nSPS) is 16.4. The third-order valence-corrected chi connectivity index (χ3v) is 19.7. The van der Waals surface area contributed by atoms with Crippen LogP contribution in [0.5, 0.6) is 0 Å². The molecule has 81 heavy (non-hydrogen) atoms. The summed E-state index contributed by atoms with van der Waals surface area (Å²) in [6.45, 7) is 10.1. The smallest absolute Gasteiger partial charge is 0.305 e. The number of aliphatic carboxylic acids is 1. The standard InChI is InChI=1S/C75H144O6/c1-5-9-11-12-40-48-58-70-59-49-47-56-65-74(63-54-44-37-31-25-19-14-17-23-29-35-42-51-61-72(78)80-68-7-3,64-55-45-38-32-26-20-15-18-24-30-36-43-52-62-73(79)81-69-8-4)75(70,66-53-10-6-2)67-57-46-39-33-27-21-13-16-22-28-34-41-50-60-71(76)77/h70H,5-69H2,1-4H3,(H,76,77). The van der Waals surface area contributed by atoms with Crippen LogP contribution in [-0.4, -0.2) is 36.2 Å². The van der Waals surface area contributed by atoms with Gasteiger partial charge in [0.15, 0.2) is 0 Å². The molecule has 6 nitrogen and oxygen atoms in total. The molecule has 0 heterocycles. The number of hydrogen-bond donors (Lipinski definition) is 1. The second kappa shape index (κ2) is 58.8. The molecule has 0 amide bonds. The van der Waals surface area contributed by atoms with Crippen LogP contribution in [0.15, 0.2) is 0 Å². The summed E-state index contributed by atoms with van der Waals surface area (Å²) in [5.41, 5.74) is 1.03. The first-order valence-corrected chi connectivity index (χ1v) is 37.3. The van der Waals surface area contributed by atoms with E-state index in [1.807, 2.05) is 0 Å². The van der Waals surface area contributed by atoms with Crippen LogP contribution in [0, 0.1) is 16.7 Å². The van der Waals surface area contributed by atoms with Gasteiger partial charge in [0.25, 0.3) is 0 Å². The largest absolute Gasteiger partial charge is 0.481 e. The summed E-state index contributed by atoms with van der Waals surface area (Å²) in [6.07, 6.45) is 83.1. The molecule has 0 aliphatic heterocycles. The number of carboxylic acids is 1. The highest BCUT2D eigenvalue weighted by Crippen LogP contribution is 2.63. The molecule has 1 fully saturated rings. The van der Waals surface area contributed by atoms with Gasteiger partial charge in [-0.05, 0) is 93.8 Å². The first kappa shape index (κ1) is 77.4. The average Bonchev–Trinajstić information content (AvgIpc) is 3.66. The van der Waals surface area contributed by atoms with E-state index >= 15 is 0 Å².